The van der Waals surface area contributed by atoms with E-state index in [2.05, 4.69) is 5.32 Å². The van der Waals surface area contributed by atoms with Crippen molar-refractivity contribution >= 4 is 23.4 Å². The van der Waals surface area contributed by atoms with Gasteiger partial charge < -0.3 is 10.2 Å². The molecule has 28 heavy (non-hydrogen) atoms. The van der Waals surface area contributed by atoms with Gasteiger partial charge in [0.05, 0.1) is 6.42 Å². The Kier molecular flexibility index (Phi) is 8.00. The minimum atomic E-state index is -0.697. The Morgan fingerprint density at radius 1 is 1.11 bits per heavy atom. The number of nitrogens with zero attached hydrogens (tertiary/aromatic N) is 1. The van der Waals surface area contributed by atoms with E-state index in [9.17, 15) is 14.0 Å². The monoisotopic (exact) mass is 404 g/mol. The number of carbonyl (C=O) groups excluding carboxylic acids is 2. The molecule has 0 aliphatic carbocycles. The van der Waals surface area contributed by atoms with Crippen molar-refractivity contribution in [3.05, 3.63) is 70.5 Å². The normalized spacial score (nSPS) is 11.9. The summed E-state index contributed by atoms with van der Waals surface area (Å²) in [5.41, 5.74) is 1.11. The van der Waals surface area contributed by atoms with Crippen LogP contribution < -0.4 is 5.32 Å². The zero-order chi connectivity index (χ0) is 20.7. The van der Waals surface area contributed by atoms with Crippen LogP contribution in [0.3, 0.4) is 0 Å². The maximum atomic E-state index is 14.0. The third kappa shape index (κ3) is 6.34. The molecule has 0 radical (unpaired) electrons. The molecule has 0 fully saturated rings. The van der Waals surface area contributed by atoms with Crippen LogP contribution in [0.25, 0.3) is 0 Å². The molecular formula is C22H26ClFN2O2. The van der Waals surface area contributed by atoms with E-state index in [4.69, 9.17) is 11.6 Å². The van der Waals surface area contributed by atoms with Gasteiger partial charge in [-0.05, 0) is 42.2 Å². The molecule has 4 nitrogen and oxygen atoms in total. The Bertz CT molecular complexity index is 826. The van der Waals surface area contributed by atoms with Crippen LogP contribution in [-0.4, -0.2) is 29.3 Å². The Hall–Kier alpha value is -2.40. The van der Waals surface area contributed by atoms with E-state index in [1.165, 1.54) is 11.0 Å². The maximum Gasteiger partial charge on any atom is 0.242 e. The van der Waals surface area contributed by atoms with E-state index < -0.39 is 11.9 Å². The number of halogens is 2. The molecule has 0 aliphatic heterocycles. The second kappa shape index (κ2) is 10.2. The number of carbonyl (C=O) groups is 2. The third-order valence-electron chi connectivity index (χ3n) is 4.39. The van der Waals surface area contributed by atoms with E-state index in [1.807, 2.05) is 19.9 Å². The van der Waals surface area contributed by atoms with Gasteiger partial charge in [-0.2, -0.15) is 0 Å². The van der Waals surface area contributed by atoms with Crippen LogP contribution in [0.4, 0.5) is 4.39 Å². The fourth-order valence-electron chi connectivity index (χ4n) is 2.77. The summed E-state index contributed by atoms with van der Waals surface area (Å²) in [5, 5.41) is 3.41. The first kappa shape index (κ1) is 21.9. The van der Waals surface area contributed by atoms with Crippen molar-refractivity contribution in [3.8, 4) is 0 Å². The highest BCUT2D eigenvalue weighted by Gasteiger charge is 2.26. The predicted octanol–water partition coefficient (Wildman–Crippen LogP) is 4.21. The van der Waals surface area contributed by atoms with Gasteiger partial charge in [-0.1, -0.05) is 55.8 Å². The van der Waals surface area contributed by atoms with Gasteiger partial charge in [-0.3, -0.25) is 9.59 Å². The van der Waals surface area contributed by atoms with E-state index in [1.54, 1.807) is 43.3 Å². The summed E-state index contributed by atoms with van der Waals surface area (Å²) < 4.78 is 14.0. The van der Waals surface area contributed by atoms with E-state index in [0.717, 1.165) is 5.56 Å². The highest BCUT2D eigenvalue weighted by Crippen LogP contribution is 2.17. The zero-order valence-electron chi connectivity index (χ0n) is 16.4. The minimum Gasteiger partial charge on any atom is -0.354 e. The quantitative estimate of drug-likeness (QED) is 0.716. The lowest BCUT2D eigenvalue weighted by Gasteiger charge is -2.29. The van der Waals surface area contributed by atoms with Gasteiger partial charge in [0.2, 0.25) is 11.8 Å². The first-order valence-electron chi connectivity index (χ1n) is 9.33. The van der Waals surface area contributed by atoms with Gasteiger partial charge in [0.1, 0.15) is 11.9 Å². The van der Waals surface area contributed by atoms with Crippen LogP contribution in [0.15, 0.2) is 48.5 Å². The Morgan fingerprint density at radius 3 is 2.46 bits per heavy atom. The van der Waals surface area contributed by atoms with Crippen LogP contribution in [0.2, 0.25) is 5.02 Å². The second-order valence-electron chi connectivity index (χ2n) is 7.23. The summed E-state index contributed by atoms with van der Waals surface area (Å²) in [6.07, 6.45) is -0.116. The number of hydrogen-bond donors (Lipinski definition) is 1. The molecular weight excluding hydrogens is 379 g/mol. The number of amides is 2. The fraction of sp³-hybridized carbons (Fsp3) is 0.364. The standard InChI is InChI=1S/C22H26ClFN2O2/c1-15(2)13-25-22(28)16(3)26(14-17-7-6-9-19(23)11-17)21(27)12-18-8-4-5-10-20(18)24/h4-11,15-16H,12-14H2,1-3H3,(H,25,28)/t16-/m0/s1. The molecule has 150 valence electrons. The summed E-state index contributed by atoms with van der Waals surface area (Å²) >= 11 is 6.05. The molecule has 2 aromatic carbocycles. The van der Waals surface area contributed by atoms with Crippen LogP contribution in [0.5, 0.6) is 0 Å². The first-order valence-corrected chi connectivity index (χ1v) is 9.70. The molecule has 2 amide bonds. The molecule has 1 N–H and O–H groups in total. The number of nitrogens with one attached hydrogen (secondary N) is 1. The van der Waals surface area contributed by atoms with Crippen molar-refractivity contribution in [1.29, 1.82) is 0 Å². The van der Waals surface area contributed by atoms with E-state index >= 15 is 0 Å². The molecule has 0 aromatic heterocycles. The van der Waals surface area contributed by atoms with Crippen molar-refractivity contribution in [1.82, 2.24) is 10.2 Å². The average Bonchev–Trinajstić information content (AvgIpc) is 2.65. The SMILES string of the molecule is CC(C)CNC(=O)[C@H](C)N(Cc1cccc(Cl)c1)C(=O)Cc1ccccc1F. The lowest BCUT2D eigenvalue weighted by atomic mass is 10.1. The molecule has 6 heteroatoms. The molecule has 0 saturated heterocycles. The smallest absolute Gasteiger partial charge is 0.242 e. The summed E-state index contributed by atoms with van der Waals surface area (Å²) in [6.45, 7) is 6.41. The fourth-order valence-corrected chi connectivity index (χ4v) is 2.99. The molecule has 0 saturated carbocycles. The van der Waals surface area contributed by atoms with Crippen LogP contribution in [-0.2, 0) is 22.6 Å². The minimum absolute atomic E-state index is 0.116. The van der Waals surface area contributed by atoms with Gasteiger partial charge in [0, 0.05) is 18.1 Å². The number of benzene rings is 2. The van der Waals surface area contributed by atoms with Gasteiger partial charge in [0.15, 0.2) is 0 Å². The molecule has 2 aromatic rings. The third-order valence-corrected chi connectivity index (χ3v) is 4.63. The highest BCUT2D eigenvalue weighted by atomic mass is 35.5. The van der Waals surface area contributed by atoms with Crippen molar-refractivity contribution in [2.75, 3.05) is 6.54 Å². The van der Waals surface area contributed by atoms with E-state index in [0.29, 0.717) is 23.0 Å². The Labute approximate surface area is 170 Å². The van der Waals surface area contributed by atoms with Crippen molar-refractivity contribution in [2.45, 2.75) is 39.8 Å². The van der Waals surface area contributed by atoms with Gasteiger partial charge in [-0.25, -0.2) is 4.39 Å². The molecule has 0 aliphatic rings. The van der Waals surface area contributed by atoms with Crippen molar-refractivity contribution < 1.29 is 14.0 Å². The molecule has 2 rings (SSSR count). The summed E-state index contributed by atoms with van der Waals surface area (Å²) in [4.78, 5) is 27.0. The maximum absolute atomic E-state index is 14.0. The average molecular weight is 405 g/mol. The van der Waals surface area contributed by atoms with Crippen LogP contribution >= 0.6 is 11.6 Å². The van der Waals surface area contributed by atoms with Crippen molar-refractivity contribution in [3.63, 3.8) is 0 Å². The lowest BCUT2D eigenvalue weighted by molar-refractivity contribution is -0.140. The largest absolute Gasteiger partial charge is 0.354 e. The summed E-state index contributed by atoms with van der Waals surface area (Å²) in [5.74, 6) is -0.697. The molecule has 0 unspecified atom stereocenters. The molecule has 0 heterocycles. The van der Waals surface area contributed by atoms with Gasteiger partial charge in [-0.15, -0.1) is 0 Å². The number of rotatable bonds is 8. The highest BCUT2D eigenvalue weighted by molar-refractivity contribution is 6.30. The molecule has 1 atom stereocenters. The zero-order valence-corrected chi connectivity index (χ0v) is 17.2. The van der Waals surface area contributed by atoms with Crippen LogP contribution in [0.1, 0.15) is 31.9 Å². The van der Waals surface area contributed by atoms with Gasteiger partial charge in [0.25, 0.3) is 0 Å². The molecule has 0 bridgehead atoms. The first-order chi connectivity index (χ1) is 13.3. The number of hydrogen-bond acceptors (Lipinski definition) is 2. The molecule has 0 spiro atoms. The second-order valence-corrected chi connectivity index (χ2v) is 7.67. The van der Waals surface area contributed by atoms with Crippen LogP contribution in [0, 0.1) is 11.7 Å². The van der Waals surface area contributed by atoms with Crippen molar-refractivity contribution in [2.24, 2.45) is 5.92 Å². The van der Waals surface area contributed by atoms with E-state index in [-0.39, 0.29) is 24.8 Å². The summed E-state index contributed by atoms with van der Waals surface area (Å²) in [6, 6.07) is 12.6. The predicted molar refractivity (Wildman–Crippen MR) is 109 cm³/mol. The Balaban J connectivity index is 2.22. The Morgan fingerprint density at radius 2 is 1.82 bits per heavy atom. The van der Waals surface area contributed by atoms with Gasteiger partial charge >= 0.3 is 0 Å². The topological polar surface area (TPSA) is 49.4 Å². The summed E-state index contributed by atoms with van der Waals surface area (Å²) in [7, 11) is 0. The lowest BCUT2D eigenvalue weighted by Crippen LogP contribution is -2.48.